The number of anilines is 1. The first-order valence-corrected chi connectivity index (χ1v) is 5.35. The molecule has 0 atom stereocenters. The average Bonchev–Trinajstić information content (AvgIpc) is 2.93. The van der Waals surface area contributed by atoms with Crippen LogP contribution in [0.4, 0.5) is 5.69 Å². The minimum atomic E-state index is -0.318. The first kappa shape index (κ1) is 10.4. The number of carbonyl (C=O) groups excluding carboxylic acids is 1. The van der Waals surface area contributed by atoms with E-state index in [0.717, 1.165) is 10.9 Å². The van der Waals surface area contributed by atoms with Gasteiger partial charge in [-0.25, -0.2) is 0 Å². The lowest BCUT2D eigenvalue weighted by atomic mass is 10.2. The molecule has 2 heterocycles. The zero-order chi connectivity index (χ0) is 12.4. The van der Waals surface area contributed by atoms with Crippen LogP contribution in [-0.2, 0) is 0 Å². The predicted molar refractivity (Wildman–Crippen MR) is 66.1 cm³/mol. The summed E-state index contributed by atoms with van der Waals surface area (Å²) in [5.41, 5.74) is 1.64. The largest absolute Gasteiger partial charge is 0.319 e. The Labute approximate surface area is 102 Å². The number of amides is 1. The minimum absolute atomic E-state index is 0.239. The number of hydrogen-bond acceptors (Lipinski definition) is 4. The van der Waals surface area contributed by atoms with Gasteiger partial charge in [0.2, 0.25) is 0 Å². The van der Waals surface area contributed by atoms with Gasteiger partial charge in [-0.2, -0.15) is 15.4 Å². The van der Waals surface area contributed by atoms with Crippen molar-refractivity contribution in [2.45, 2.75) is 0 Å². The molecule has 0 spiro atoms. The molecule has 0 radical (unpaired) electrons. The molecule has 2 N–H and O–H groups in total. The van der Waals surface area contributed by atoms with E-state index in [1.54, 1.807) is 12.3 Å². The van der Waals surface area contributed by atoms with Crippen molar-refractivity contribution in [3.63, 3.8) is 0 Å². The normalized spacial score (nSPS) is 10.4. The first-order valence-electron chi connectivity index (χ1n) is 5.35. The van der Waals surface area contributed by atoms with E-state index in [2.05, 4.69) is 25.7 Å². The predicted octanol–water partition coefficient (Wildman–Crippen LogP) is 1.61. The second kappa shape index (κ2) is 4.25. The third-order valence-corrected chi connectivity index (χ3v) is 2.53. The maximum atomic E-state index is 11.9. The smallest absolute Gasteiger partial charge is 0.277 e. The highest BCUT2D eigenvalue weighted by atomic mass is 16.2. The lowest BCUT2D eigenvalue weighted by Gasteiger charge is -2.05. The molecule has 0 aliphatic rings. The number of para-hydroxylation sites is 1. The Hall–Kier alpha value is -2.76. The Balaban J connectivity index is 1.98. The van der Waals surface area contributed by atoms with Crippen LogP contribution in [0.5, 0.6) is 0 Å². The van der Waals surface area contributed by atoms with Gasteiger partial charge in [-0.05, 0) is 12.1 Å². The lowest BCUT2D eigenvalue weighted by Crippen LogP contribution is -2.12. The third kappa shape index (κ3) is 1.80. The zero-order valence-corrected chi connectivity index (χ0v) is 9.29. The highest BCUT2D eigenvalue weighted by molar-refractivity contribution is 6.07. The molecule has 1 aromatic carbocycles. The first-order chi connectivity index (χ1) is 8.84. The van der Waals surface area contributed by atoms with Crippen molar-refractivity contribution >= 4 is 22.5 Å². The monoisotopic (exact) mass is 239 g/mol. The van der Waals surface area contributed by atoms with Gasteiger partial charge in [0.1, 0.15) is 0 Å². The summed E-state index contributed by atoms with van der Waals surface area (Å²) >= 11 is 0. The molecule has 0 bridgehead atoms. The minimum Gasteiger partial charge on any atom is -0.319 e. The molecule has 0 aliphatic carbocycles. The number of hydrogen-bond donors (Lipinski definition) is 2. The molecule has 0 fully saturated rings. The fourth-order valence-electron chi connectivity index (χ4n) is 1.70. The quantitative estimate of drug-likeness (QED) is 0.711. The third-order valence-electron chi connectivity index (χ3n) is 2.53. The SMILES string of the molecule is O=C(Nc1cccc2cccnc12)c1cn[nH]n1. The van der Waals surface area contributed by atoms with Gasteiger partial charge in [0.15, 0.2) is 5.69 Å². The van der Waals surface area contributed by atoms with Crippen LogP contribution >= 0.6 is 0 Å². The fraction of sp³-hybridized carbons (Fsp3) is 0. The van der Waals surface area contributed by atoms with Crippen LogP contribution in [0.1, 0.15) is 10.5 Å². The van der Waals surface area contributed by atoms with Crippen LogP contribution in [0.25, 0.3) is 10.9 Å². The Kier molecular flexibility index (Phi) is 2.45. The number of aromatic amines is 1. The van der Waals surface area contributed by atoms with E-state index in [1.165, 1.54) is 6.20 Å². The second-order valence-corrected chi connectivity index (χ2v) is 3.69. The summed E-state index contributed by atoms with van der Waals surface area (Å²) in [5.74, 6) is -0.318. The highest BCUT2D eigenvalue weighted by Gasteiger charge is 2.10. The molecule has 88 valence electrons. The van der Waals surface area contributed by atoms with Crippen molar-refractivity contribution < 1.29 is 4.79 Å². The summed E-state index contributed by atoms with van der Waals surface area (Å²) in [6, 6.07) is 9.39. The van der Waals surface area contributed by atoms with Gasteiger partial charge in [-0.1, -0.05) is 18.2 Å². The molecule has 0 saturated carbocycles. The topological polar surface area (TPSA) is 83.6 Å². The van der Waals surface area contributed by atoms with Gasteiger partial charge in [-0.3, -0.25) is 9.78 Å². The van der Waals surface area contributed by atoms with E-state index in [9.17, 15) is 4.79 Å². The maximum absolute atomic E-state index is 11.9. The second-order valence-electron chi connectivity index (χ2n) is 3.69. The zero-order valence-electron chi connectivity index (χ0n) is 9.29. The summed E-state index contributed by atoms with van der Waals surface area (Å²) in [4.78, 5) is 16.1. The van der Waals surface area contributed by atoms with Gasteiger partial charge >= 0.3 is 0 Å². The molecule has 0 unspecified atom stereocenters. The van der Waals surface area contributed by atoms with Crippen molar-refractivity contribution in [1.29, 1.82) is 0 Å². The molecular formula is C12H9N5O. The van der Waals surface area contributed by atoms with Crippen molar-refractivity contribution in [2.24, 2.45) is 0 Å². The van der Waals surface area contributed by atoms with E-state index < -0.39 is 0 Å². The Bertz CT molecular complexity index is 687. The molecule has 18 heavy (non-hydrogen) atoms. The van der Waals surface area contributed by atoms with Gasteiger partial charge in [0, 0.05) is 11.6 Å². The Morgan fingerprint density at radius 1 is 1.22 bits per heavy atom. The summed E-state index contributed by atoms with van der Waals surface area (Å²) in [6.07, 6.45) is 3.06. The number of nitrogens with zero attached hydrogens (tertiary/aromatic N) is 3. The van der Waals surface area contributed by atoms with Crippen molar-refractivity contribution in [3.8, 4) is 0 Å². The Morgan fingerprint density at radius 3 is 2.94 bits per heavy atom. The molecule has 1 amide bonds. The van der Waals surface area contributed by atoms with E-state index in [0.29, 0.717) is 5.69 Å². The van der Waals surface area contributed by atoms with Gasteiger partial charge in [0.05, 0.1) is 17.4 Å². The molecule has 2 aromatic heterocycles. The van der Waals surface area contributed by atoms with Crippen LogP contribution in [0.3, 0.4) is 0 Å². The van der Waals surface area contributed by atoms with Gasteiger partial charge in [0.25, 0.3) is 5.91 Å². The number of aromatic nitrogens is 4. The molecule has 3 aromatic rings. The van der Waals surface area contributed by atoms with E-state index in [-0.39, 0.29) is 11.6 Å². The van der Waals surface area contributed by atoms with E-state index in [4.69, 9.17) is 0 Å². The maximum Gasteiger partial charge on any atom is 0.277 e. The standard InChI is InChI=1S/C12H9N5O/c18-12(10-7-14-17-16-10)15-9-5-1-3-8-4-2-6-13-11(8)9/h1-7H,(H,15,18)(H,14,16,17). The summed E-state index contributed by atoms with van der Waals surface area (Å²) < 4.78 is 0. The van der Waals surface area contributed by atoms with Crippen LogP contribution in [0.2, 0.25) is 0 Å². The number of H-pyrrole nitrogens is 1. The molecule has 6 heteroatoms. The van der Waals surface area contributed by atoms with E-state index in [1.807, 2.05) is 24.3 Å². The number of fused-ring (bicyclic) bond motifs is 1. The molecular weight excluding hydrogens is 230 g/mol. The van der Waals surface area contributed by atoms with Gasteiger partial charge in [-0.15, -0.1) is 0 Å². The van der Waals surface area contributed by atoms with Crippen LogP contribution in [0.15, 0.2) is 42.7 Å². The van der Waals surface area contributed by atoms with Crippen molar-refractivity contribution in [2.75, 3.05) is 5.32 Å². The summed E-state index contributed by atoms with van der Waals surface area (Å²) in [7, 11) is 0. The van der Waals surface area contributed by atoms with Crippen LogP contribution in [0, 0.1) is 0 Å². The molecule has 6 nitrogen and oxygen atoms in total. The van der Waals surface area contributed by atoms with Gasteiger partial charge < -0.3 is 5.32 Å². The van der Waals surface area contributed by atoms with E-state index >= 15 is 0 Å². The van der Waals surface area contributed by atoms with Crippen LogP contribution in [-0.4, -0.2) is 26.3 Å². The van der Waals surface area contributed by atoms with Crippen molar-refractivity contribution in [3.05, 3.63) is 48.4 Å². The number of benzene rings is 1. The molecule has 0 saturated heterocycles. The van der Waals surface area contributed by atoms with Crippen molar-refractivity contribution in [1.82, 2.24) is 20.4 Å². The number of nitrogens with one attached hydrogen (secondary N) is 2. The summed E-state index contributed by atoms with van der Waals surface area (Å²) in [5, 5.41) is 13.4. The van der Waals surface area contributed by atoms with Crippen LogP contribution < -0.4 is 5.32 Å². The number of carbonyl (C=O) groups is 1. The molecule has 0 aliphatic heterocycles. The number of rotatable bonds is 2. The lowest BCUT2D eigenvalue weighted by molar-refractivity contribution is 0.102. The molecule has 3 rings (SSSR count). The highest BCUT2D eigenvalue weighted by Crippen LogP contribution is 2.20. The fourth-order valence-corrected chi connectivity index (χ4v) is 1.70. The average molecular weight is 239 g/mol. The number of pyridine rings is 1. The Morgan fingerprint density at radius 2 is 2.11 bits per heavy atom. The summed E-state index contributed by atoms with van der Waals surface area (Å²) in [6.45, 7) is 0.